The normalized spacial score (nSPS) is 12.0. The fourth-order valence-corrected chi connectivity index (χ4v) is 1.88. The standard InChI is InChI=1S/C12H13Cl3N2O2/c1-2-18-6-7-19-9-5-3-4-8-10(9)17-11(16-8)12(13,14)15/h3-5H,2,6-7H2,1H3,(H,16,17). The molecule has 1 aromatic heterocycles. The van der Waals surface area contributed by atoms with Gasteiger partial charge >= 0.3 is 0 Å². The van der Waals surface area contributed by atoms with E-state index in [1.54, 1.807) is 0 Å². The van der Waals surface area contributed by atoms with Crippen molar-refractivity contribution in [2.75, 3.05) is 19.8 Å². The molecule has 0 unspecified atom stereocenters. The molecule has 0 spiro atoms. The summed E-state index contributed by atoms with van der Waals surface area (Å²) in [5.41, 5.74) is 1.40. The second kappa shape index (κ2) is 6.18. The number of hydrogen-bond donors (Lipinski definition) is 1. The first-order valence-electron chi connectivity index (χ1n) is 5.79. The molecule has 19 heavy (non-hydrogen) atoms. The number of alkyl halides is 3. The van der Waals surface area contributed by atoms with E-state index in [1.807, 2.05) is 25.1 Å². The third-order valence-electron chi connectivity index (χ3n) is 2.43. The van der Waals surface area contributed by atoms with Crippen LogP contribution in [-0.2, 0) is 8.53 Å². The Morgan fingerprint density at radius 3 is 2.74 bits per heavy atom. The van der Waals surface area contributed by atoms with E-state index in [0.29, 0.717) is 31.1 Å². The van der Waals surface area contributed by atoms with Crippen molar-refractivity contribution < 1.29 is 9.47 Å². The highest BCUT2D eigenvalue weighted by Gasteiger charge is 2.27. The number of para-hydroxylation sites is 1. The van der Waals surface area contributed by atoms with Crippen LogP contribution in [0.5, 0.6) is 5.75 Å². The summed E-state index contributed by atoms with van der Waals surface area (Å²) >= 11 is 17.4. The van der Waals surface area contributed by atoms with Crippen molar-refractivity contribution >= 4 is 45.8 Å². The zero-order chi connectivity index (χ0) is 13.9. The maximum absolute atomic E-state index is 5.80. The lowest BCUT2D eigenvalue weighted by atomic mass is 10.3. The smallest absolute Gasteiger partial charge is 0.248 e. The SMILES string of the molecule is CCOCCOc1cccc2[nH]c(C(Cl)(Cl)Cl)nc12. The van der Waals surface area contributed by atoms with Crippen LogP contribution in [-0.4, -0.2) is 29.8 Å². The molecule has 2 rings (SSSR count). The van der Waals surface area contributed by atoms with Gasteiger partial charge in [-0.05, 0) is 19.1 Å². The molecule has 0 saturated heterocycles. The van der Waals surface area contributed by atoms with Gasteiger partial charge in [-0.2, -0.15) is 0 Å². The highest BCUT2D eigenvalue weighted by Crippen LogP contribution is 2.38. The number of fused-ring (bicyclic) bond motifs is 1. The Balaban J connectivity index is 2.22. The van der Waals surface area contributed by atoms with Gasteiger partial charge in [-0.3, -0.25) is 0 Å². The fraction of sp³-hybridized carbons (Fsp3) is 0.417. The number of nitrogens with zero attached hydrogens (tertiary/aromatic N) is 1. The van der Waals surface area contributed by atoms with Crippen molar-refractivity contribution in [3.63, 3.8) is 0 Å². The summed E-state index contributed by atoms with van der Waals surface area (Å²) in [5.74, 6) is 0.905. The second-order valence-electron chi connectivity index (χ2n) is 3.78. The summed E-state index contributed by atoms with van der Waals surface area (Å²) in [7, 11) is 0. The molecular weight excluding hydrogens is 311 g/mol. The van der Waals surface area contributed by atoms with Crippen LogP contribution < -0.4 is 4.74 Å². The van der Waals surface area contributed by atoms with Crippen LogP contribution >= 0.6 is 34.8 Å². The van der Waals surface area contributed by atoms with Gasteiger partial charge in [-0.15, -0.1) is 0 Å². The average Bonchev–Trinajstić information content (AvgIpc) is 2.79. The summed E-state index contributed by atoms with van der Waals surface area (Å²) < 4.78 is 9.24. The predicted octanol–water partition coefficient (Wildman–Crippen LogP) is 3.80. The number of aromatic amines is 1. The number of benzene rings is 1. The molecule has 4 nitrogen and oxygen atoms in total. The monoisotopic (exact) mass is 322 g/mol. The van der Waals surface area contributed by atoms with Gasteiger partial charge in [-0.25, -0.2) is 4.98 Å². The largest absolute Gasteiger partial charge is 0.489 e. The number of aromatic nitrogens is 2. The molecule has 0 bridgehead atoms. The van der Waals surface area contributed by atoms with Crippen molar-refractivity contribution in [2.45, 2.75) is 10.7 Å². The Morgan fingerprint density at radius 1 is 1.26 bits per heavy atom. The molecule has 7 heteroatoms. The van der Waals surface area contributed by atoms with E-state index in [0.717, 1.165) is 5.52 Å². The van der Waals surface area contributed by atoms with Gasteiger partial charge in [0.1, 0.15) is 17.9 Å². The summed E-state index contributed by atoms with van der Waals surface area (Å²) in [5, 5.41) is 0. The molecule has 1 N–H and O–H groups in total. The number of ether oxygens (including phenoxy) is 2. The number of rotatable bonds is 5. The highest BCUT2D eigenvalue weighted by molar-refractivity contribution is 6.66. The first kappa shape index (κ1) is 14.7. The van der Waals surface area contributed by atoms with Gasteiger partial charge in [0.25, 0.3) is 0 Å². The van der Waals surface area contributed by atoms with Gasteiger partial charge < -0.3 is 14.5 Å². The topological polar surface area (TPSA) is 47.1 Å². The van der Waals surface area contributed by atoms with Crippen LogP contribution in [0.2, 0.25) is 0 Å². The zero-order valence-corrected chi connectivity index (χ0v) is 12.5. The predicted molar refractivity (Wildman–Crippen MR) is 77.3 cm³/mol. The molecule has 104 valence electrons. The molecule has 0 aliphatic heterocycles. The van der Waals surface area contributed by atoms with E-state index in [9.17, 15) is 0 Å². The van der Waals surface area contributed by atoms with Gasteiger partial charge in [0.15, 0.2) is 5.82 Å². The molecule has 0 radical (unpaired) electrons. The van der Waals surface area contributed by atoms with Crippen LogP contribution in [0.25, 0.3) is 11.0 Å². The van der Waals surface area contributed by atoms with Crippen molar-refractivity contribution in [3.05, 3.63) is 24.0 Å². The Bertz CT molecular complexity index is 551. The maximum atomic E-state index is 5.80. The van der Waals surface area contributed by atoms with E-state index < -0.39 is 3.79 Å². The Morgan fingerprint density at radius 2 is 2.05 bits per heavy atom. The maximum Gasteiger partial charge on any atom is 0.248 e. The lowest BCUT2D eigenvalue weighted by Gasteiger charge is -2.06. The van der Waals surface area contributed by atoms with E-state index in [1.165, 1.54) is 0 Å². The van der Waals surface area contributed by atoms with Crippen LogP contribution in [0.1, 0.15) is 12.7 Å². The fourth-order valence-electron chi connectivity index (χ4n) is 1.61. The lowest BCUT2D eigenvalue weighted by Crippen LogP contribution is -2.06. The third-order valence-corrected chi connectivity index (χ3v) is 2.97. The Kier molecular flexibility index (Phi) is 4.79. The van der Waals surface area contributed by atoms with Crippen LogP contribution in [0.4, 0.5) is 0 Å². The lowest BCUT2D eigenvalue weighted by molar-refractivity contribution is 0.110. The molecule has 0 aliphatic carbocycles. The van der Waals surface area contributed by atoms with Crippen LogP contribution in [0.3, 0.4) is 0 Å². The van der Waals surface area contributed by atoms with E-state index in [2.05, 4.69) is 9.97 Å². The first-order chi connectivity index (χ1) is 9.02. The summed E-state index contributed by atoms with van der Waals surface area (Å²) in [6, 6.07) is 5.51. The van der Waals surface area contributed by atoms with Crippen LogP contribution in [0, 0.1) is 0 Å². The second-order valence-corrected chi connectivity index (χ2v) is 6.06. The van der Waals surface area contributed by atoms with Gasteiger partial charge in [0.05, 0.1) is 12.1 Å². The van der Waals surface area contributed by atoms with Crippen molar-refractivity contribution in [1.29, 1.82) is 0 Å². The van der Waals surface area contributed by atoms with E-state index >= 15 is 0 Å². The number of halogens is 3. The molecule has 0 saturated carbocycles. The van der Waals surface area contributed by atoms with Crippen molar-refractivity contribution in [1.82, 2.24) is 9.97 Å². The summed E-state index contributed by atoms with van der Waals surface area (Å²) in [4.78, 5) is 7.22. The van der Waals surface area contributed by atoms with Gasteiger partial charge in [-0.1, -0.05) is 40.9 Å². The molecule has 1 aromatic carbocycles. The van der Waals surface area contributed by atoms with Gasteiger partial charge in [0, 0.05) is 6.61 Å². The van der Waals surface area contributed by atoms with Crippen LogP contribution in [0.15, 0.2) is 18.2 Å². The quantitative estimate of drug-likeness (QED) is 0.672. The zero-order valence-electron chi connectivity index (χ0n) is 10.3. The number of H-pyrrole nitrogens is 1. The number of hydrogen-bond acceptors (Lipinski definition) is 3. The van der Waals surface area contributed by atoms with Crippen molar-refractivity contribution in [2.24, 2.45) is 0 Å². The Labute approximate surface area is 126 Å². The van der Waals surface area contributed by atoms with Crippen molar-refractivity contribution in [3.8, 4) is 5.75 Å². The minimum Gasteiger partial charge on any atom is -0.489 e. The number of nitrogens with one attached hydrogen (secondary N) is 1. The van der Waals surface area contributed by atoms with Gasteiger partial charge in [0.2, 0.25) is 3.79 Å². The Hall–Kier alpha value is -0.680. The molecular formula is C12H13Cl3N2O2. The molecule has 1 heterocycles. The highest BCUT2D eigenvalue weighted by atomic mass is 35.6. The summed E-state index contributed by atoms with van der Waals surface area (Å²) in [6.45, 7) is 3.56. The molecule has 0 amide bonds. The summed E-state index contributed by atoms with van der Waals surface area (Å²) in [6.07, 6.45) is 0. The van der Waals surface area contributed by atoms with E-state index in [-0.39, 0.29) is 5.82 Å². The molecule has 0 atom stereocenters. The molecule has 0 aliphatic rings. The molecule has 2 aromatic rings. The third kappa shape index (κ3) is 3.66. The minimum absolute atomic E-state index is 0.272. The average molecular weight is 324 g/mol. The first-order valence-corrected chi connectivity index (χ1v) is 6.92. The minimum atomic E-state index is -1.58. The number of imidazole rings is 1. The van der Waals surface area contributed by atoms with E-state index in [4.69, 9.17) is 44.3 Å². The molecule has 0 fully saturated rings.